The van der Waals surface area contributed by atoms with Gasteiger partial charge in [0.05, 0.1) is 0 Å². The van der Waals surface area contributed by atoms with Gasteiger partial charge in [-0.25, -0.2) is 0 Å². The zero-order valence-corrected chi connectivity index (χ0v) is 12.1. The molecule has 0 saturated carbocycles. The molecule has 0 fully saturated rings. The van der Waals surface area contributed by atoms with Crippen LogP contribution in [-0.4, -0.2) is 17.1 Å². The van der Waals surface area contributed by atoms with Gasteiger partial charge in [0, 0.05) is 6.04 Å². The Balaban J connectivity index is 2.65. The lowest BCUT2D eigenvalue weighted by Gasteiger charge is -2.20. The Labute approximate surface area is 116 Å². The van der Waals surface area contributed by atoms with E-state index in [9.17, 15) is 4.79 Å². The molecule has 0 heterocycles. The van der Waals surface area contributed by atoms with Crippen molar-refractivity contribution in [3.8, 4) is 0 Å². The maximum Gasteiger partial charge on any atom is 0.320 e. The fourth-order valence-electron chi connectivity index (χ4n) is 2.23. The van der Waals surface area contributed by atoms with Crippen molar-refractivity contribution in [2.24, 2.45) is 0 Å². The Bertz CT molecular complexity index is 386. The predicted molar refractivity (Wildman–Crippen MR) is 78.3 cm³/mol. The molecule has 0 spiro atoms. The van der Waals surface area contributed by atoms with Crippen molar-refractivity contribution in [3.05, 3.63) is 35.4 Å². The molecule has 2 atom stereocenters. The number of hydrogen-bond donors (Lipinski definition) is 2. The van der Waals surface area contributed by atoms with Crippen LogP contribution in [0.15, 0.2) is 24.3 Å². The van der Waals surface area contributed by atoms with Crippen LogP contribution < -0.4 is 5.32 Å². The number of rotatable bonds is 8. The van der Waals surface area contributed by atoms with Gasteiger partial charge in [0.25, 0.3) is 0 Å². The van der Waals surface area contributed by atoms with E-state index in [1.165, 1.54) is 5.56 Å². The average molecular weight is 263 g/mol. The molecule has 0 bridgehead atoms. The normalized spacial score (nSPS) is 14.1. The Hall–Kier alpha value is -1.35. The first-order chi connectivity index (χ1) is 9.08. The first kappa shape index (κ1) is 15.7. The number of carbonyl (C=O) groups is 1. The highest BCUT2D eigenvalue weighted by molar-refractivity contribution is 5.73. The number of benzene rings is 1. The summed E-state index contributed by atoms with van der Waals surface area (Å²) < 4.78 is 0. The number of aryl methyl sites for hydroxylation is 1. The van der Waals surface area contributed by atoms with Crippen LogP contribution in [-0.2, 0) is 11.2 Å². The highest BCUT2D eigenvalue weighted by Gasteiger charge is 2.18. The molecule has 106 valence electrons. The van der Waals surface area contributed by atoms with Crippen LogP contribution in [0.25, 0.3) is 0 Å². The molecular weight excluding hydrogens is 238 g/mol. The molecule has 19 heavy (non-hydrogen) atoms. The summed E-state index contributed by atoms with van der Waals surface area (Å²) in [5.74, 6) is -0.767. The number of aliphatic carboxylic acids is 1. The predicted octanol–water partition coefficient (Wildman–Crippen LogP) is 3.54. The van der Waals surface area contributed by atoms with Crippen molar-refractivity contribution in [2.45, 2.75) is 58.5 Å². The number of hydrogen-bond acceptors (Lipinski definition) is 2. The summed E-state index contributed by atoms with van der Waals surface area (Å²) in [6.07, 6.45) is 3.76. The van der Waals surface area contributed by atoms with Crippen LogP contribution in [0.5, 0.6) is 0 Å². The van der Waals surface area contributed by atoms with Crippen molar-refractivity contribution in [3.63, 3.8) is 0 Å². The van der Waals surface area contributed by atoms with Crippen LogP contribution in [0.2, 0.25) is 0 Å². The maximum absolute atomic E-state index is 11.1. The minimum absolute atomic E-state index is 0.0586. The molecule has 3 nitrogen and oxygen atoms in total. The van der Waals surface area contributed by atoms with E-state index in [2.05, 4.69) is 36.5 Å². The molecule has 0 aliphatic carbocycles. The summed E-state index contributed by atoms with van der Waals surface area (Å²) in [7, 11) is 0. The fraction of sp³-hybridized carbons (Fsp3) is 0.562. The van der Waals surface area contributed by atoms with Crippen LogP contribution in [0.4, 0.5) is 0 Å². The minimum Gasteiger partial charge on any atom is -0.480 e. The largest absolute Gasteiger partial charge is 0.480 e. The van der Waals surface area contributed by atoms with Gasteiger partial charge in [-0.3, -0.25) is 10.1 Å². The number of carboxylic acid groups (broad SMARTS) is 1. The molecule has 0 aliphatic heterocycles. The van der Waals surface area contributed by atoms with E-state index < -0.39 is 12.0 Å². The van der Waals surface area contributed by atoms with Crippen molar-refractivity contribution >= 4 is 5.97 Å². The molecule has 1 aromatic carbocycles. The van der Waals surface area contributed by atoms with Gasteiger partial charge in [-0.2, -0.15) is 0 Å². The van der Waals surface area contributed by atoms with E-state index in [1.54, 1.807) is 0 Å². The lowest BCUT2D eigenvalue weighted by Crippen LogP contribution is -2.38. The molecular formula is C16H25NO2. The SMILES string of the molecule is CCCc1ccc(C(C)NC(CCC)C(=O)O)cc1. The summed E-state index contributed by atoms with van der Waals surface area (Å²) in [5.41, 5.74) is 2.48. The quantitative estimate of drug-likeness (QED) is 0.754. The monoisotopic (exact) mass is 263 g/mol. The number of carboxylic acids is 1. The van der Waals surface area contributed by atoms with Crippen LogP contribution in [0.1, 0.15) is 57.2 Å². The summed E-state index contributed by atoms with van der Waals surface area (Å²) >= 11 is 0. The highest BCUT2D eigenvalue weighted by Crippen LogP contribution is 2.16. The Morgan fingerprint density at radius 2 is 1.84 bits per heavy atom. The molecule has 1 rings (SSSR count). The van der Waals surface area contributed by atoms with Crippen molar-refractivity contribution in [2.75, 3.05) is 0 Å². The van der Waals surface area contributed by atoms with Gasteiger partial charge in [0.1, 0.15) is 6.04 Å². The first-order valence-electron chi connectivity index (χ1n) is 7.16. The third-order valence-corrected chi connectivity index (χ3v) is 3.35. The van der Waals surface area contributed by atoms with Crippen LogP contribution in [0.3, 0.4) is 0 Å². The smallest absolute Gasteiger partial charge is 0.320 e. The fourth-order valence-corrected chi connectivity index (χ4v) is 2.23. The molecule has 0 radical (unpaired) electrons. The Kier molecular flexibility index (Phi) is 6.57. The van der Waals surface area contributed by atoms with E-state index in [1.807, 2.05) is 13.8 Å². The van der Waals surface area contributed by atoms with E-state index in [0.717, 1.165) is 24.8 Å². The summed E-state index contributed by atoms with van der Waals surface area (Å²) in [4.78, 5) is 11.1. The lowest BCUT2D eigenvalue weighted by molar-refractivity contribution is -0.139. The third kappa shape index (κ3) is 5.03. The van der Waals surface area contributed by atoms with Gasteiger partial charge in [-0.05, 0) is 30.9 Å². The van der Waals surface area contributed by atoms with Crippen LogP contribution in [0, 0.1) is 0 Å². The van der Waals surface area contributed by atoms with Gasteiger partial charge in [-0.1, -0.05) is 51.0 Å². The molecule has 2 N–H and O–H groups in total. The molecule has 3 heteroatoms. The molecule has 0 aliphatic rings. The minimum atomic E-state index is -0.767. The second-order valence-electron chi connectivity index (χ2n) is 5.06. The second kappa shape index (κ2) is 7.95. The van der Waals surface area contributed by atoms with E-state index in [0.29, 0.717) is 6.42 Å². The lowest BCUT2D eigenvalue weighted by atomic mass is 10.0. The molecule has 0 aromatic heterocycles. The second-order valence-corrected chi connectivity index (χ2v) is 5.06. The zero-order valence-electron chi connectivity index (χ0n) is 12.1. The standard InChI is InChI=1S/C16H25NO2/c1-4-6-13-8-10-14(11-9-13)12(3)17-15(7-5-2)16(18)19/h8-12,15,17H,4-7H2,1-3H3,(H,18,19). The third-order valence-electron chi connectivity index (χ3n) is 3.35. The molecule has 1 aromatic rings. The summed E-state index contributed by atoms with van der Waals surface area (Å²) in [6, 6.07) is 8.04. The summed E-state index contributed by atoms with van der Waals surface area (Å²) in [6.45, 7) is 6.18. The highest BCUT2D eigenvalue weighted by atomic mass is 16.4. The van der Waals surface area contributed by atoms with Crippen LogP contribution >= 0.6 is 0 Å². The zero-order chi connectivity index (χ0) is 14.3. The van der Waals surface area contributed by atoms with E-state index >= 15 is 0 Å². The van der Waals surface area contributed by atoms with Gasteiger partial charge in [-0.15, -0.1) is 0 Å². The van der Waals surface area contributed by atoms with Crippen molar-refractivity contribution in [1.29, 1.82) is 0 Å². The van der Waals surface area contributed by atoms with Gasteiger partial charge in [0.2, 0.25) is 0 Å². The van der Waals surface area contributed by atoms with Crippen molar-refractivity contribution < 1.29 is 9.90 Å². The molecule has 0 amide bonds. The van der Waals surface area contributed by atoms with Gasteiger partial charge in [0.15, 0.2) is 0 Å². The summed E-state index contributed by atoms with van der Waals surface area (Å²) in [5, 5.41) is 12.3. The van der Waals surface area contributed by atoms with E-state index in [-0.39, 0.29) is 6.04 Å². The van der Waals surface area contributed by atoms with Gasteiger partial charge >= 0.3 is 5.97 Å². The Morgan fingerprint density at radius 1 is 1.21 bits per heavy atom. The average Bonchev–Trinajstić information content (AvgIpc) is 2.39. The molecule has 0 saturated heterocycles. The topological polar surface area (TPSA) is 49.3 Å². The maximum atomic E-state index is 11.1. The first-order valence-corrected chi connectivity index (χ1v) is 7.16. The Morgan fingerprint density at radius 3 is 2.32 bits per heavy atom. The van der Waals surface area contributed by atoms with Crippen molar-refractivity contribution in [1.82, 2.24) is 5.32 Å². The van der Waals surface area contributed by atoms with Gasteiger partial charge < -0.3 is 5.11 Å². The number of nitrogens with one attached hydrogen (secondary N) is 1. The molecule has 2 unspecified atom stereocenters. The van der Waals surface area contributed by atoms with E-state index in [4.69, 9.17) is 5.11 Å².